The lowest BCUT2D eigenvalue weighted by Gasteiger charge is -2.18. The van der Waals surface area contributed by atoms with Gasteiger partial charge in [-0.2, -0.15) is 0 Å². The van der Waals surface area contributed by atoms with Crippen LogP contribution < -0.4 is 4.74 Å². The molecule has 1 amide bonds. The second-order valence-corrected chi connectivity index (χ2v) is 6.86. The van der Waals surface area contributed by atoms with E-state index in [9.17, 15) is 4.79 Å². The molecule has 6 heteroatoms. The van der Waals surface area contributed by atoms with Gasteiger partial charge in [0.25, 0.3) is 5.91 Å². The molecule has 23 heavy (non-hydrogen) atoms. The number of likely N-dealkylation sites (N-methyl/N-ethyl adjacent to an activating group) is 1. The summed E-state index contributed by atoms with van der Waals surface area (Å²) in [5.41, 5.74) is 1.34. The third-order valence-corrected chi connectivity index (χ3v) is 5.61. The monoisotopic (exact) mass is 333 g/mol. The van der Waals surface area contributed by atoms with Crippen LogP contribution in [0, 0.1) is 0 Å². The van der Waals surface area contributed by atoms with Crippen LogP contribution in [-0.4, -0.2) is 40.5 Å². The molecule has 0 radical (unpaired) electrons. The Morgan fingerprint density at radius 1 is 1.22 bits per heavy atom. The molecule has 0 saturated heterocycles. The van der Waals surface area contributed by atoms with Gasteiger partial charge in [-0.05, 0) is 45.1 Å². The number of nitrogens with zero attached hydrogens (tertiary/aromatic N) is 3. The highest BCUT2D eigenvalue weighted by Crippen LogP contribution is 2.38. The molecule has 1 aliphatic carbocycles. The number of carbonyl (C=O) groups excluding carboxylic acids is 1. The Morgan fingerprint density at radius 3 is 2.78 bits per heavy atom. The van der Waals surface area contributed by atoms with Gasteiger partial charge in [-0.1, -0.05) is 6.42 Å². The number of hydrogen-bond acceptors (Lipinski definition) is 5. The van der Waals surface area contributed by atoms with Gasteiger partial charge in [0.05, 0.1) is 5.39 Å². The Balaban J connectivity index is 1.86. The summed E-state index contributed by atoms with van der Waals surface area (Å²) in [6.45, 7) is 5.39. The Bertz CT molecular complexity index is 694. The van der Waals surface area contributed by atoms with Crippen molar-refractivity contribution in [2.24, 2.45) is 0 Å². The molecule has 0 spiro atoms. The van der Waals surface area contributed by atoms with Gasteiger partial charge in [0.2, 0.25) is 5.88 Å². The highest BCUT2D eigenvalue weighted by molar-refractivity contribution is 7.18. The van der Waals surface area contributed by atoms with E-state index in [0.29, 0.717) is 19.0 Å². The normalized spacial score (nSPS) is 14.3. The van der Waals surface area contributed by atoms with E-state index in [0.717, 1.165) is 23.1 Å². The maximum absolute atomic E-state index is 12.2. The Morgan fingerprint density at radius 2 is 2.00 bits per heavy atom. The van der Waals surface area contributed by atoms with Gasteiger partial charge in [0, 0.05) is 18.0 Å². The minimum absolute atomic E-state index is 0.00285. The molecule has 0 fully saturated rings. The predicted octanol–water partition coefficient (Wildman–Crippen LogP) is 3.21. The molecule has 2 aromatic heterocycles. The third-order valence-electron chi connectivity index (χ3n) is 4.42. The highest BCUT2D eigenvalue weighted by Gasteiger charge is 2.20. The van der Waals surface area contributed by atoms with Crippen molar-refractivity contribution in [2.75, 3.05) is 19.7 Å². The predicted molar refractivity (Wildman–Crippen MR) is 92.1 cm³/mol. The van der Waals surface area contributed by atoms with E-state index in [2.05, 4.69) is 9.97 Å². The van der Waals surface area contributed by atoms with Crippen LogP contribution in [0.2, 0.25) is 0 Å². The first-order chi connectivity index (χ1) is 11.2. The fraction of sp³-hybridized carbons (Fsp3) is 0.588. The van der Waals surface area contributed by atoms with E-state index in [4.69, 9.17) is 4.74 Å². The lowest BCUT2D eigenvalue weighted by atomic mass is 10.1. The quantitative estimate of drug-likeness (QED) is 0.789. The van der Waals surface area contributed by atoms with Crippen molar-refractivity contribution >= 4 is 27.5 Å². The van der Waals surface area contributed by atoms with Crippen molar-refractivity contribution in [3.8, 4) is 5.88 Å². The van der Waals surface area contributed by atoms with Gasteiger partial charge in [-0.25, -0.2) is 9.97 Å². The van der Waals surface area contributed by atoms with Crippen molar-refractivity contribution in [1.82, 2.24) is 14.9 Å². The number of aryl methyl sites for hydroxylation is 2. The summed E-state index contributed by atoms with van der Waals surface area (Å²) in [7, 11) is 0. The van der Waals surface area contributed by atoms with Crippen LogP contribution in [0.4, 0.5) is 0 Å². The molecule has 0 aliphatic heterocycles. The number of ether oxygens (including phenoxy) is 1. The summed E-state index contributed by atoms with van der Waals surface area (Å²) < 4.78 is 5.80. The average molecular weight is 333 g/mol. The maximum atomic E-state index is 12.2. The number of hydrogen-bond donors (Lipinski definition) is 0. The van der Waals surface area contributed by atoms with Gasteiger partial charge in [-0.15, -0.1) is 11.3 Å². The van der Waals surface area contributed by atoms with Crippen LogP contribution in [0.3, 0.4) is 0 Å². The minimum atomic E-state index is 0.00285. The Kier molecular flexibility index (Phi) is 5.10. The van der Waals surface area contributed by atoms with E-state index in [1.54, 1.807) is 16.2 Å². The molecule has 0 aromatic carbocycles. The summed E-state index contributed by atoms with van der Waals surface area (Å²) >= 11 is 1.75. The second-order valence-electron chi connectivity index (χ2n) is 5.78. The number of aromatic nitrogens is 2. The summed E-state index contributed by atoms with van der Waals surface area (Å²) in [4.78, 5) is 25.0. The Hall–Kier alpha value is -1.69. The molecule has 0 N–H and O–H groups in total. The van der Waals surface area contributed by atoms with Crippen molar-refractivity contribution in [2.45, 2.75) is 46.0 Å². The van der Waals surface area contributed by atoms with Gasteiger partial charge >= 0.3 is 0 Å². The first kappa shape index (κ1) is 16.2. The van der Waals surface area contributed by atoms with Gasteiger partial charge in [-0.3, -0.25) is 4.79 Å². The molecule has 3 rings (SSSR count). The summed E-state index contributed by atoms with van der Waals surface area (Å²) in [6, 6.07) is 0. The first-order valence-corrected chi connectivity index (χ1v) is 9.22. The molecule has 5 nitrogen and oxygen atoms in total. The van der Waals surface area contributed by atoms with Crippen LogP contribution in [0.1, 0.15) is 43.6 Å². The summed E-state index contributed by atoms with van der Waals surface area (Å²) in [6.07, 6.45) is 7.43. The molecule has 2 aromatic rings. The average Bonchev–Trinajstić information content (AvgIpc) is 2.76. The lowest BCUT2D eigenvalue weighted by Crippen LogP contribution is -2.34. The molecule has 0 bridgehead atoms. The van der Waals surface area contributed by atoms with E-state index in [1.165, 1.54) is 36.0 Å². The van der Waals surface area contributed by atoms with E-state index in [1.807, 2.05) is 13.8 Å². The van der Waals surface area contributed by atoms with Crippen molar-refractivity contribution in [3.05, 3.63) is 16.8 Å². The number of fused-ring (bicyclic) bond motifs is 3. The number of thiophene rings is 1. The van der Waals surface area contributed by atoms with E-state index < -0.39 is 0 Å². The molecular formula is C17H23N3O2S. The topological polar surface area (TPSA) is 55.3 Å². The van der Waals surface area contributed by atoms with Gasteiger partial charge in [0.1, 0.15) is 11.2 Å². The SMILES string of the molecule is CCN(CC)C(=O)COc1ncnc2sc3c(c12)CCCCC3. The van der Waals surface area contributed by atoms with Crippen molar-refractivity contribution in [3.63, 3.8) is 0 Å². The summed E-state index contributed by atoms with van der Waals surface area (Å²) in [5, 5.41) is 1.03. The molecular weight excluding hydrogens is 310 g/mol. The zero-order chi connectivity index (χ0) is 16.2. The maximum Gasteiger partial charge on any atom is 0.260 e. The number of carbonyl (C=O) groups is 1. The molecule has 1 aliphatic rings. The smallest absolute Gasteiger partial charge is 0.260 e. The van der Waals surface area contributed by atoms with E-state index in [-0.39, 0.29) is 12.5 Å². The second kappa shape index (κ2) is 7.25. The molecule has 124 valence electrons. The van der Waals surface area contributed by atoms with Gasteiger partial charge < -0.3 is 9.64 Å². The van der Waals surface area contributed by atoms with Gasteiger partial charge in [0.15, 0.2) is 6.61 Å². The third kappa shape index (κ3) is 3.32. The minimum Gasteiger partial charge on any atom is -0.467 e. The zero-order valence-corrected chi connectivity index (χ0v) is 14.6. The fourth-order valence-corrected chi connectivity index (χ4v) is 4.36. The summed E-state index contributed by atoms with van der Waals surface area (Å²) in [5.74, 6) is 0.568. The standard InChI is InChI=1S/C17H23N3O2S/c1-3-20(4-2)14(21)10-22-16-15-12-8-6-5-7-9-13(12)23-17(15)19-11-18-16/h11H,3-10H2,1-2H3. The fourth-order valence-electron chi connectivity index (χ4n) is 3.15. The van der Waals surface area contributed by atoms with Crippen LogP contribution in [0.5, 0.6) is 5.88 Å². The number of amides is 1. The largest absolute Gasteiger partial charge is 0.467 e. The first-order valence-electron chi connectivity index (χ1n) is 8.40. The van der Waals surface area contributed by atoms with Crippen LogP contribution in [0.25, 0.3) is 10.2 Å². The lowest BCUT2D eigenvalue weighted by molar-refractivity contribution is -0.133. The molecule has 0 unspecified atom stereocenters. The van der Waals surface area contributed by atoms with Crippen molar-refractivity contribution in [1.29, 1.82) is 0 Å². The highest BCUT2D eigenvalue weighted by atomic mass is 32.1. The number of rotatable bonds is 5. The zero-order valence-electron chi connectivity index (χ0n) is 13.8. The van der Waals surface area contributed by atoms with Crippen LogP contribution in [0.15, 0.2) is 6.33 Å². The van der Waals surface area contributed by atoms with Crippen molar-refractivity contribution < 1.29 is 9.53 Å². The molecule has 0 saturated carbocycles. The van der Waals surface area contributed by atoms with Crippen LogP contribution >= 0.6 is 11.3 Å². The molecule has 0 atom stereocenters. The Labute approximate surface area is 140 Å². The van der Waals surface area contributed by atoms with E-state index >= 15 is 0 Å². The van der Waals surface area contributed by atoms with Crippen LogP contribution in [-0.2, 0) is 17.6 Å². The molecule has 2 heterocycles.